The van der Waals surface area contributed by atoms with Gasteiger partial charge in [-0.3, -0.25) is 13.9 Å². The summed E-state index contributed by atoms with van der Waals surface area (Å²) >= 11 is 12.9. The van der Waals surface area contributed by atoms with Crippen LogP contribution in [0.1, 0.15) is 56.6 Å². The molecule has 0 heterocycles. The number of amides is 2. The van der Waals surface area contributed by atoms with E-state index in [2.05, 4.69) is 5.32 Å². The highest BCUT2D eigenvalue weighted by molar-refractivity contribution is 7.92. The van der Waals surface area contributed by atoms with E-state index in [0.29, 0.717) is 15.9 Å². The van der Waals surface area contributed by atoms with Gasteiger partial charge in [0.15, 0.2) is 0 Å². The molecular formula is C32H34Cl2F3N3O4S. The second kappa shape index (κ2) is 14.9. The molecule has 7 nitrogen and oxygen atoms in total. The molecule has 0 aromatic heterocycles. The van der Waals surface area contributed by atoms with Gasteiger partial charge in [-0.1, -0.05) is 79.7 Å². The Balaban J connectivity index is 1.77. The topological polar surface area (TPSA) is 86.8 Å². The van der Waals surface area contributed by atoms with E-state index in [1.165, 1.54) is 35.2 Å². The van der Waals surface area contributed by atoms with E-state index in [-0.39, 0.29) is 39.6 Å². The quantitative estimate of drug-likeness (QED) is 0.227. The molecule has 13 heteroatoms. The van der Waals surface area contributed by atoms with Crippen LogP contribution in [-0.2, 0) is 32.3 Å². The van der Waals surface area contributed by atoms with E-state index in [0.717, 1.165) is 44.2 Å². The molecule has 0 unspecified atom stereocenters. The fourth-order valence-corrected chi connectivity index (χ4v) is 7.35. The lowest BCUT2D eigenvalue weighted by Gasteiger charge is -2.35. The molecule has 1 aliphatic carbocycles. The first-order chi connectivity index (χ1) is 21.3. The average Bonchev–Trinajstić information content (AvgIpc) is 3.01. The van der Waals surface area contributed by atoms with Gasteiger partial charge in [-0.15, -0.1) is 0 Å². The van der Waals surface area contributed by atoms with Crippen molar-refractivity contribution in [3.63, 3.8) is 0 Å². The number of hydrogen-bond acceptors (Lipinski definition) is 4. The summed E-state index contributed by atoms with van der Waals surface area (Å²) in [6, 6.07) is 14.5. The van der Waals surface area contributed by atoms with E-state index in [1.807, 2.05) is 0 Å². The largest absolute Gasteiger partial charge is 0.416 e. The van der Waals surface area contributed by atoms with Crippen LogP contribution in [0.3, 0.4) is 0 Å². The number of hydrogen-bond donors (Lipinski definition) is 1. The molecule has 3 aromatic carbocycles. The number of benzene rings is 3. The van der Waals surface area contributed by atoms with E-state index < -0.39 is 46.2 Å². The summed E-state index contributed by atoms with van der Waals surface area (Å²) < 4.78 is 69.5. The molecule has 1 saturated carbocycles. The van der Waals surface area contributed by atoms with Gasteiger partial charge in [0.05, 0.1) is 16.1 Å². The number of carbonyl (C=O) groups excluding carboxylic acids is 2. The molecule has 1 N–H and O–H groups in total. The van der Waals surface area contributed by atoms with Gasteiger partial charge in [0.2, 0.25) is 11.8 Å². The Morgan fingerprint density at radius 1 is 0.933 bits per heavy atom. The predicted octanol–water partition coefficient (Wildman–Crippen LogP) is 7.46. The van der Waals surface area contributed by atoms with Crippen molar-refractivity contribution in [2.24, 2.45) is 0 Å². The lowest BCUT2D eigenvalue weighted by molar-refractivity contribution is -0.140. The summed E-state index contributed by atoms with van der Waals surface area (Å²) in [5.74, 6) is -1.24. The first-order valence-corrected chi connectivity index (χ1v) is 16.8. The first kappa shape index (κ1) is 34.6. The minimum atomic E-state index is -4.76. The normalized spacial score (nSPS) is 14.9. The van der Waals surface area contributed by atoms with Crippen molar-refractivity contribution >= 4 is 50.7 Å². The summed E-state index contributed by atoms with van der Waals surface area (Å²) in [5, 5.41) is 3.49. The molecule has 2 amide bonds. The lowest BCUT2D eigenvalue weighted by Crippen LogP contribution is -2.54. The van der Waals surface area contributed by atoms with Crippen LogP contribution in [0.2, 0.25) is 10.0 Å². The minimum Gasteiger partial charge on any atom is -0.352 e. The summed E-state index contributed by atoms with van der Waals surface area (Å²) in [4.78, 5) is 28.9. The fraction of sp³-hybridized carbons (Fsp3) is 0.375. The van der Waals surface area contributed by atoms with Gasteiger partial charge in [-0.05, 0) is 61.7 Å². The van der Waals surface area contributed by atoms with Crippen LogP contribution in [0.15, 0.2) is 77.7 Å². The van der Waals surface area contributed by atoms with Crippen LogP contribution < -0.4 is 9.62 Å². The lowest BCUT2D eigenvalue weighted by atomic mass is 9.95. The van der Waals surface area contributed by atoms with Gasteiger partial charge in [0.1, 0.15) is 12.6 Å². The average molecular weight is 685 g/mol. The Labute approximate surface area is 271 Å². The highest BCUT2D eigenvalue weighted by Gasteiger charge is 2.36. The minimum absolute atomic E-state index is 0.0683. The van der Waals surface area contributed by atoms with Crippen molar-refractivity contribution in [2.75, 3.05) is 10.8 Å². The standard InChI is InChI=1S/C32H34Cl2F3N3O4S/c1-2-29(31(42)38-23-12-5-3-6-13-23)39(20-26-27(33)17-10-18-28(26)34)30(41)21-40(45(43,44)25-15-7-4-8-16-25)24-14-9-11-22(19-24)32(35,36)37/h4,7-11,14-19,23,29H,2-3,5-6,12-13,20-21H2,1H3,(H,38,42)/t29-/m1/s1. The second-order valence-corrected chi connectivity index (χ2v) is 13.5. The number of nitrogens with zero attached hydrogens (tertiary/aromatic N) is 2. The number of alkyl halides is 3. The van der Waals surface area contributed by atoms with Crippen LogP contribution >= 0.6 is 23.2 Å². The number of anilines is 1. The van der Waals surface area contributed by atoms with Crippen LogP contribution in [-0.4, -0.2) is 43.8 Å². The third-order valence-corrected chi connectivity index (χ3v) is 10.3. The zero-order valence-corrected chi connectivity index (χ0v) is 26.9. The van der Waals surface area contributed by atoms with Gasteiger partial charge in [0, 0.05) is 28.2 Å². The molecule has 3 aromatic rings. The molecule has 4 rings (SSSR count). The summed E-state index contributed by atoms with van der Waals surface area (Å²) in [6.45, 7) is 0.578. The van der Waals surface area contributed by atoms with Gasteiger partial charge in [-0.25, -0.2) is 8.42 Å². The zero-order valence-electron chi connectivity index (χ0n) is 24.6. The van der Waals surface area contributed by atoms with Crippen molar-refractivity contribution in [3.05, 3.63) is 94.0 Å². The smallest absolute Gasteiger partial charge is 0.352 e. The van der Waals surface area contributed by atoms with E-state index in [4.69, 9.17) is 23.2 Å². The Bertz CT molecular complexity index is 1580. The highest BCUT2D eigenvalue weighted by atomic mass is 35.5. The maximum Gasteiger partial charge on any atom is 0.416 e. The predicted molar refractivity (Wildman–Crippen MR) is 169 cm³/mol. The number of sulfonamides is 1. The van der Waals surface area contributed by atoms with Gasteiger partial charge >= 0.3 is 6.18 Å². The molecule has 45 heavy (non-hydrogen) atoms. The van der Waals surface area contributed by atoms with Crippen molar-refractivity contribution in [3.8, 4) is 0 Å². The molecule has 0 saturated heterocycles. The summed E-state index contributed by atoms with van der Waals surface area (Å²) in [6.07, 6.45) is -0.0105. The van der Waals surface area contributed by atoms with Crippen LogP contribution in [0.5, 0.6) is 0 Å². The monoisotopic (exact) mass is 683 g/mol. The van der Waals surface area contributed by atoms with E-state index >= 15 is 0 Å². The molecule has 1 atom stereocenters. The van der Waals surface area contributed by atoms with Gasteiger partial charge in [-0.2, -0.15) is 13.2 Å². The van der Waals surface area contributed by atoms with Crippen molar-refractivity contribution in [1.82, 2.24) is 10.2 Å². The fourth-order valence-electron chi connectivity index (χ4n) is 5.40. The van der Waals surface area contributed by atoms with Crippen LogP contribution in [0.25, 0.3) is 0 Å². The molecule has 1 fully saturated rings. The Morgan fingerprint density at radius 2 is 1.56 bits per heavy atom. The molecule has 0 radical (unpaired) electrons. The SMILES string of the molecule is CC[C@H](C(=O)NC1CCCCC1)N(Cc1c(Cl)cccc1Cl)C(=O)CN(c1cccc(C(F)(F)F)c1)S(=O)(=O)c1ccccc1. The maximum absolute atomic E-state index is 14.2. The maximum atomic E-state index is 14.2. The second-order valence-electron chi connectivity index (χ2n) is 10.9. The molecular weight excluding hydrogens is 650 g/mol. The number of rotatable bonds is 11. The van der Waals surface area contributed by atoms with E-state index in [9.17, 15) is 31.2 Å². The van der Waals surface area contributed by atoms with Crippen LogP contribution in [0, 0.1) is 0 Å². The molecule has 1 aliphatic rings. The summed E-state index contributed by atoms with van der Waals surface area (Å²) in [5.41, 5.74) is -1.11. The third-order valence-electron chi connectivity index (χ3n) is 7.80. The highest BCUT2D eigenvalue weighted by Crippen LogP contribution is 2.34. The first-order valence-electron chi connectivity index (χ1n) is 14.6. The van der Waals surface area contributed by atoms with Crippen molar-refractivity contribution in [2.45, 2.75) is 75.1 Å². The number of halogens is 5. The zero-order chi connectivity index (χ0) is 32.8. The number of carbonyl (C=O) groups is 2. The summed E-state index contributed by atoms with van der Waals surface area (Å²) in [7, 11) is -4.54. The van der Waals surface area contributed by atoms with Gasteiger partial charge in [0.25, 0.3) is 10.0 Å². The van der Waals surface area contributed by atoms with Gasteiger partial charge < -0.3 is 10.2 Å². The van der Waals surface area contributed by atoms with Crippen LogP contribution in [0.4, 0.5) is 18.9 Å². The molecule has 0 bridgehead atoms. The third kappa shape index (κ3) is 8.51. The van der Waals surface area contributed by atoms with E-state index in [1.54, 1.807) is 31.2 Å². The Kier molecular flexibility index (Phi) is 11.4. The van der Waals surface area contributed by atoms with Crippen molar-refractivity contribution < 1.29 is 31.2 Å². The number of nitrogens with one attached hydrogen (secondary N) is 1. The molecule has 0 aliphatic heterocycles. The molecule has 242 valence electrons. The molecule has 0 spiro atoms. The Morgan fingerprint density at radius 3 is 2.16 bits per heavy atom. The van der Waals surface area contributed by atoms with Crippen molar-refractivity contribution in [1.29, 1.82) is 0 Å². The Hall–Kier alpha value is -3.28.